The number of halogens is 2. The van der Waals surface area contributed by atoms with E-state index < -0.39 is 0 Å². The minimum Gasteiger partial charge on any atom is -0.318 e. The van der Waals surface area contributed by atoms with E-state index in [0.717, 1.165) is 22.6 Å². The van der Waals surface area contributed by atoms with Gasteiger partial charge in [-0.05, 0) is 44.2 Å². The van der Waals surface area contributed by atoms with Crippen LogP contribution in [-0.4, -0.2) is 15.7 Å². The highest BCUT2D eigenvalue weighted by molar-refractivity contribution is 9.09. The lowest BCUT2D eigenvalue weighted by Gasteiger charge is -2.09. The third-order valence-corrected chi connectivity index (χ3v) is 3.70. The number of Topliss-reactive ketones (excluding diaryl/α,β-unsaturated/α-hetero) is 1. The van der Waals surface area contributed by atoms with Crippen molar-refractivity contribution in [2.75, 3.05) is 5.33 Å². The fourth-order valence-electron chi connectivity index (χ4n) is 2.10. The highest BCUT2D eigenvalue weighted by atomic mass is 79.9. The number of hydrogen-bond acceptors (Lipinski definition) is 1. The third-order valence-electron chi connectivity index (χ3n) is 2.94. The second-order valence-corrected chi connectivity index (χ2v) is 5.15. The monoisotopic (exact) mass is 325 g/mol. The van der Waals surface area contributed by atoms with E-state index in [1.807, 2.05) is 44.2 Å². The van der Waals surface area contributed by atoms with Crippen LogP contribution in [0.25, 0.3) is 5.69 Å². The van der Waals surface area contributed by atoms with Gasteiger partial charge in [-0.2, -0.15) is 0 Å². The van der Waals surface area contributed by atoms with Crippen LogP contribution in [0.2, 0.25) is 5.02 Å². The summed E-state index contributed by atoms with van der Waals surface area (Å²) < 4.78 is 2.06. The average molecular weight is 327 g/mol. The summed E-state index contributed by atoms with van der Waals surface area (Å²) in [5.74, 6) is 0.100. The Bertz CT molecular complexity index is 587. The molecule has 0 atom stereocenters. The molecule has 0 saturated carbocycles. The Morgan fingerprint density at radius 2 is 1.89 bits per heavy atom. The fourth-order valence-corrected chi connectivity index (χ4v) is 2.53. The Kier molecular flexibility index (Phi) is 3.93. The molecule has 0 saturated heterocycles. The number of rotatable bonds is 3. The van der Waals surface area contributed by atoms with Gasteiger partial charge in [0.2, 0.25) is 0 Å². The molecule has 0 aliphatic rings. The van der Waals surface area contributed by atoms with E-state index in [2.05, 4.69) is 20.5 Å². The summed E-state index contributed by atoms with van der Waals surface area (Å²) in [4.78, 5) is 11.8. The average Bonchev–Trinajstić information content (AvgIpc) is 2.65. The lowest BCUT2D eigenvalue weighted by Crippen LogP contribution is -2.03. The van der Waals surface area contributed by atoms with Crippen molar-refractivity contribution in [1.82, 2.24) is 4.57 Å². The smallest absolute Gasteiger partial charge is 0.175 e. The highest BCUT2D eigenvalue weighted by Crippen LogP contribution is 2.22. The predicted octanol–water partition coefficient (Wildman–Crippen LogP) is 4.33. The summed E-state index contributed by atoms with van der Waals surface area (Å²) in [5, 5.41) is 1.05. The van der Waals surface area contributed by atoms with Gasteiger partial charge in [0.1, 0.15) is 0 Å². The van der Waals surface area contributed by atoms with Gasteiger partial charge in [-0.1, -0.05) is 27.5 Å². The molecule has 0 aliphatic heterocycles. The first-order chi connectivity index (χ1) is 8.54. The molecular formula is C14H13BrClNO. The molecule has 94 valence electrons. The van der Waals surface area contributed by atoms with E-state index in [4.69, 9.17) is 11.6 Å². The number of alkyl halides is 1. The molecule has 1 aromatic heterocycles. The van der Waals surface area contributed by atoms with Crippen molar-refractivity contribution in [3.63, 3.8) is 0 Å². The summed E-state index contributed by atoms with van der Waals surface area (Å²) in [6, 6.07) is 9.52. The van der Waals surface area contributed by atoms with Crippen LogP contribution in [0.3, 0.4) is 0 Å². The fraction of sp³-hybridized carbons (Fsp3) is 0.214. The van der Waals surface area contributed by atoms with E-state index in [1.54, 1.807) is 0 Å². The van der Waals surface area contributed by atoms with Crippen molar-refractivity contribution in [3.8, 4) is 5.69 Å². The molecular weight excluding hydrogens is 314 g/mol. The Morgan fingerprint density at radius 3 is 2.44 bits per heavy atom. The van der Waals surface area contributed by atoms with Crippen molar-refractivity contribution >= 4 is 33.3 Å². The molecule has 0 spiro atoms. The Labute approximate surface area is 120 Å². The van der Waals surface area contributed by atoms with Gasteiger partial charge in [0.05, 0.1) is 5.33 Å². The first-order valence-electron chi connectivity index (χ1n) is 5.58. The van der Waals surface area contributed by atoms with E-state index in [-0.39, 0.29) is 5.78 Å². The normalized spacial score (nSPS) is 10.7. The number of nitrogens with zero attached hydrogens (tertiary/aromatic N) is 1. The number of carbonyl (C=O) groups excluding carboxylic acids is 1. The molecule has 2 nitrogen and oxygen atoms in total. The minimum absolute atomic E-state index is 0.100. The van der Waals surface area contributed by atoms with E-state index in [9.17, 15) is 4.79 Å². The second kappa shape index (κ2) is 5.29. The maximum atomic E-state index is 11.8. The summed E-state index contributed by atoms with van der Waals surface area (Å²) in [7, 11) is 0. The van der Waals surface area contributed by atoms with E-state index in [1.165, 1.54) is 0 Å². The van der Waals surface area contributed by atoms with Crippen LogP contribution in [0.1, 0.15) is 21.7 Å². The Morgan fingerprint density at radius 1 is 1.28 bits per heavy atom. The summed E-state index contributed by atoms with van der Waals surface area (Å²) in [6.45, 7) is 3.95. The van der Waals surface area contributed by atoms with Crippen molar-refractivity contribution in [2.24, 2.45) is 0 Å². The van der Waals surface area contributed by atoms with Gasteiger partial charge >= 0.3 is 0 Å². The number of aryl methyl sites for hydroxylation is 1. The van der Waals surface area contributed by atoms with E-state index >= 15 is 0 Å². The zero-order valence-corrected chi connectivity index (χ0v) is 12.5. The molecule has 0 unspecified atom stereocenters. The van der Waals surface area contributed by atoms with Gasteiger partial charge in [0.25, 0.3) is 0 Å². The largest absolute Gasteiger partial charge is 0.318 e. The number of hydrogen-bond donors (Lipinski definition) is 0. The van der Waals surface area contributed by atoms with Crippen LogP contribution in [0.5, 0.6) is 0 Å². The molecule has 0 fully saturated rings. The molecule has 1 aromatic carbocycles. The molecule has 1 heterocycles. The van der Waals surface area contributed by atoms with Crippen LogP contribution in [-0.2, 0) is 0 Å². The van der Waals surface area contributed by atoms with Crippen LogP contribution in [0.4, 0.5) is 0 Å². The second-order valence-electron chi connectivity index (χ2n) is 4.15. The highest BCUT2D eigenvalue weighted by Gasteiger charge is 2.15. The lowest BCUT2D eigenvalue weighted by molar-refractivity contribution is 0.102. The maximum absolute atomic E-state index is 11.8. The molecule has 0 N–H and O–H groups in total. The number of carbonyl (C=O) groups is 1. The molecule has 2 rings (SSSR count). The molecule has 0 aliphatic carbocycles. The first kappa shape index (κ1) is 13.4. The molecule has 4 heteroatoms. The van der Waals surface area contributed by atoms with Crippen molar-refractivity contribution in [3.05, 3.63) is 52.3 Å². The van der Waals surface area contributed by atoms with Crippen molar-refractivity contribution in [1.29, 1.82) is 0 Å². The minimum atomic E-state index is 0.100. The summed E-state index contributed by atoms with van der Waals surface area (Å²) in [5.41, 5.74) is 3.78. The third kappa shape index (κ3) is 2.38. The SMILES string of the molecule is Cc1cc(C(=O)CBr)c(C)n1-c1ccc(Cl)cc1. The number of aromatic nitrogens is 1. The van der Waals surface area contributed by atoms with Crippen LogP contribution in [0, 0.1) is 13.8 Å². The number of benzene rings is 1. The molecule has 0 amide bonds. The van der Waals surface area contributed by atoms with Crippen molar-refractivity contribution in [2.45, 2.75) is 13.8 Å². The quantitative estimate of drug-likeness (QED) is 0.608. The Balaban J connectivity index is 2.55. The zero-order valence-electron chi connectivity index (χ0n) is 10.2. The first-order valence-corrected chi connectivity index (χ1v) is 7.08. The van der Waals surface area contributed by atoms with E-state index in [0.29, 0.717) is 10.4 Å². The molecule has 0 bridgehead atoms. The lowest BCUT2D eigenvalue weighted by atomic mass is 10.2. The van der Waals surface area contributed by atoms with Crippen LogP contribution in [0.15, 0.2) is 30.3 Å². The van der Waals surface area contributed by atoms with Crippen molar-refractivity contribution < 1.29 is 4.79 Å². The molecule has 2 aromatic rings. The van der Waals surface area contributed by atoms with Gasteiger partial charge in [-0.3, -0.25) is 4.79 Å². The van der Waals surface area contributed by atoms with Gasteiger partial charge in [-0.15, -0.1) is 0 Å². The Hall–Kier alpha value is -1.06. The summed E-state index contributed by atoms with van der Waals surface area (Å²) in [6.07, 6.45) is 0. The van der Waals surface area contributed by atoms with Crippen LogP contribution < -0.4 is 0 Å². The van der Waals surface area contributed by atoms with Gasteiger partial charge in [-0.25, -0.2) is 0 Å². The molecule has 0 radical (unpaired) electrons. The van der Waals surface area contributed by atoms with Crippen LogP contribution >= 0.6 is 27.5 Å². The number of ketones is 1. The topological polar surface area (TPSA) is 22.0 Å². The predicted molar refractivity (Wildman–Crippen MR) is 78.4 cm³/mol. The standard InChI is InChI=1S/C14H13BrClNO/c1-9-7-13(14(18)8-15)10(2)17(9)12-5-3-11(16)4-6-12/h3-7H,8H2,1-2H3. The zero-order chi connectivity index (χ0) is 13.3. The maximum Gasteiger partial charge on any atom is 0.175 e. The summed E-state index contributed by atoms with van der Waals surface area (Å²) >= 11 is 9.10. The van der Waals surface area contributed by atoms with Gasteiger partial charge < -0.3 is 4.57 Å². The van der Waals surface area contributed by atoms with Gasteiger partial charge in [0, 0.05) is 27.7 Å². The molecule has 18 heavy (non-hydrogen) atoms. The van der Waals surface area contributed by atoms with Gasteiger partial charge in [0.15, 0.2) is 5.78 Å².